The number of aromatic nitrogens is 2. The van der Waals surface area contributed by atoms with Gasteiger partial charge in [0.05, 0.1) is 5.69 Å². The molecule has 0 aliphatic heterocycles. The smallest absolute Gasteiger partial charge is 0.266 e. The summed E-state index contributed by atoms with van der Waals surface area (Å²) in [5, 5.41) is 0. The molecular weight excluding hydrogens is 344 g/mol. The van der Waals surface area contributed by atoms with Crippen molar-refractivity contribution in [2.75, 3.05) is 10.5 Å². The van der Waals surface area contributed by atoms with Gasteiger partial charge >= 0.3 is 0 Å². The van der Waals surface area contributed by atoms with Crippen molar-refractivity contribution < 1.29 is 8.42 Å². The highest BCUT2D eigenvalue weighted by atomic mass is 79.9. The third-order valence-corrected chi connectivity index (χ3v) is 4.36. The van der Waals surface area contributed by atoms with E-state index in [0.717, 1.165) is 0 Å². The zero-order chi connectivity index (χ0) is 14.9. The van der Waals surface area contributed by atoms with Gasteiger partial charge in [-0.3, -0.25) is 0 Å². The lowest BCUT2D eigenvalue weighted by molar-refractivity contribution is 0.601. The maximum atomic E-state index is 12.3. The molecule has 0 atom stereocenters. The molecule has 0 saturated carbocycles. The van der Waals surface area contributed by atoms with Crippen molar-refractivity contribution in [1.82, 2.24) is 9.97 Å². The minimum atomic E-state index is -3.82. The molecule has 3 N–H and O–H groups in total. The predicted molar refractivity (Wildman–Crippen MR) is 80.9 cm³/mol. The Hall–Kier alpha value is -1.67. The molecule has 0 aliphatic rings. The van der Waals surface area contributed by atoms with Crippen molar-refractivity contribution in [2.24, 2.45) is 0 Å². The summed E-state index contributed by atoms with van der Waals surface area (Å²) in [7, 11) is -3.82. The topological polar surface area (TPSA) is 98.0 Å². The van der Waals surface area contributed by atoms with Crippen LogP contribution in [0.25, 0.3) is 0 Å². The van der Waals surface area contributed by atoms with Crippen LogP contribution in [0.1, 0.15) is 11.4 Å². The van der Waals surface area contributed by atoms with E-state index in [1.165, 1.54) is 12.1 Å². The molecular formula is C12H13BrN4O2S. The van der Waals surface area contributed by atoms with Crippen LogP contribution < -0.4 is 10.5 Å². The highest BCUT2D eigenvalue weighted by Crippen LogP contribution is 2.24. The minimum absolute atomic E-state index is 0.0107. The normalized spacial score (nSPS) is 11.3. The zero-order valence-corrected chi connectivity index (χ0v) is 13.3. The van der Waals surface area contributed by atoms with E-state index in [-0.39, 0.29) is 16.5 Å². The van der Waals surface area contributed by atoms with E-state index in [1.807, 2.05) is 0 Å². The number of nitrogen functional groups attached to an aromatic ring is 1. The van der Waals surface area contributed by atoms with Crippen LogP contribution in [-0.2, 0) is 10.0 Å². The van der Waals surface area contributed by atoms with Crippen LogP contribution in [-0.4, -0.2) is 18.4 Å². The molecule has 6 nitrogen and oxygen atoms in total. The predicted octanol–water partition coefficient (Wildman–Crippen LogP) is 2.24. The van der Waals surface area contributed by atoms with E-state index in [0.29, 0.717) is 15.9 Å². The van der Waals surface area contributed by atoms with Gasteiger partial charge in [0, 0.05) is 15.9 Å². The number of hydrogen-bond acceptors (Lipinski definition) is 5. The Morgan fingerprint density at radius 1 is 1.15 bits per heavy atom. The first-order valence-electron chi connectivity index (χ1n) is 5.68. The standard InChI is InChI=1S/C12H13BrN4O2S/c1-7-5-8(2)16-12(15-7)17-20(18,19)11-4-3-9(13)6-10(11)14/h3-6H,14H2,1-2H3,(H,15,16,17). The second kappa shape index (κ2) is 5.37. The number of anilines is 2. The van der Waals surface area contributed by atoms with Crippen LogP contribution in [0.2, 0.25) is 0 Å². The molecule has 0 amide bonds. The number of aryl methyl sites for hydroxylation is 2. The number of nitrogens with one attached hydrogen (secondary N) is 1. The van der Waals surface area contributed by atoms with Gasteiger partial charge in [0.15, 0.2) is 0 Å². The summed E-state index contributed by atoms with van der Waals surface area (Å²) in [6.45, 7) is 3.53. The molecule has 0 aliphatic carbocycles. The molecule has 0 unspecified atom stereocenters. The maximum absolute atomic E-state index is 12.3. The first kappa shape index (κ1) is 14.7. The molecule has 0 fully saturated rings. The molecule has 1 aromatic heterocycles. The van der Waals surface area contributed by atoms with Gasteiger partial charge in [0.1, 0.15) is 4.90 Å². The van der Waals surface area contributed by atoms with Crippen molar-refractivity contribution in [3.05, 3.63) is 40.1 Å². The average molecular weight is 357 g/mol. The summed E-state index contributed by atoms with van der Waals surface area (Å²) < 4.78 is 27.6. The second-order valence-electron chi connectivity index (χ2n) is 4.26. The first-order chi connectivity index (χ1) is 9.28. The van der Waals surface area contributed by atoms with Crippen LogP contribution in [0.5, 0.6) is 0 Å². The van der Waals surface area contributed by atoms with E-state index in [4.69, 9.17) is 5.73 Å². The Balaban J connectivity index is 2.40. The Bertz CT molecular complexity index is 742. The SMILES string of the molecule is Cc1cc(C)nc(NS(=O)(=O)c2ccc(Br)cc2N)n1. The molecule has 2 rings (SSSR count). The third-order valence-electron chi connectivity index (χ3n) is 2.47. The van der Waals surface area contributed by atoms with E-state index in [1.54, 1.807) is 26.0 Å². The molecule has 1 aromatic carbocycles. The Morgan fingerprint density at radius 3 is 2.30 bits per heavy atom. The van der Waals surface area contributed by atoms with Crippen LogP contribution in [0.4, 0.5) is 11.6 Å². The summed E-state index contributed by atoms with van der Waals surface area (Å²) >= 11 is 3.23. The molecule has 106 valence electrons. The van der Waals surface area contributed by atoms with Gasteiger partial charge in [-0.05, 0) is 38.1 Å². The van der Waals surface area contributed by atoms with Crippen LogP contribution in [0, 0.1) is 13.8 Å². The molecule has 0 radical (unpaired) electrons. The number of benzene rings is 1. The third kappa shape index (κ3) is 3.26. The molecule has 20 heavy (non-hydrogen) atoms. The summed E-state index contributed by atoms with van der Waals surface area (Å²) in [6, 6.07) is 6.31. The summed E-state index contributed by atoms with van der Waals surface area (Å²) in [5.41, 5.74) is 7.24. The van der Waals surface area contributed by atoms with E-state index in [9.17, 15) is 8.42 Å². The second-order valence-corrected chi connectivity index (χ2v) is 6.83. The Kier molecular flexibility index (Phi) is 3.96. The fourth-order valence-electron chi connectivity index (χ4n) is 1.71. The Labute approximate surface area is 125 Å². The lowest BCUT2D eigenvalue weighted by Gasteiger charge is -2.10. The minimum Gasteiger partial charge on any atom is -0.398 e. The monoisotopic (exact) mass is 356 g/mol. The van der Waals surface area contributed by atoms with Gasteiger partial charge < -0.3 is 5.73 Å². The van der Waals surface area contributed by atoms with Crippen LogP contribution in [0.3, 0.4) is 0 Å². The van der Waals surface area contributed by atoms with Gasteiger partial charge in [-0.15, -0.1) is 0 Å². The van der Waals surface area contributed by atoms with E-state index < -0.39 is 10.0 Å². The van der Waals surface area contributed by atoms with Gasteiger partial charge in [-0.2, -0.15) is 0 Å². The van der Waals surface area contributed by atoms with Crippen molar-refractivity contribution in [3.63, 3.8) is 0 Å². The Morgan fingerprint density at radius 2 is 1.75 bits per heavy atom. The zero-order valence-electron chi connectivity index (χ0n) is 10.9. The number of nitrogens with zero attached hydrogens (tertiary/aromatic N) is 2. The molecule has 2 aromatic rings. The number of halogens is 1. The van der Waals surface area contributed by atoms with Crippen molar-refractivity contribution >= 4 is 37.6 Å². The molecule has 8 heteroatoms. The van der Waals surface area contributed by atoms with Crippen LogP contribution in [0.15, 0.2) is 33.6 Å². The molecule has 0 bridgehead atoms. The van der Waals surface area contributed by atoms with Crippen molar-refractivity contribution in [2.45, 2.75) is 18.7 Å². The van der Waals surface area contributed by atoms with Crippen molar-refractivity contribution in [1.29, 1.82) is 0 Å². The largest absolute Gasteiger partial charge is 0.398 e. The van der Waals surface area contributed by atoms with Crippen molar-refractivity contribution in [3.8, 4) is 0 Å². The molecule has 1 heterocycles. The fraction of sp³-hybridized carbons (Fsp3) is 0.167. The summed E-state index contributed by atoms with van der Waals surface area (Å²) in [6.07, 6.45) is 0. The number of rotatable bonds is 3. The fourth-order valence-corrected chi connectivity index (χ4v) is 3.15. The number of nitrogens with two attached hydrogens (primary N) is 1. The quantitative estimate of drug-likeness (QED) is 0.821. The molecule has 0 saturated heterocycles. The lowest BCUT2D eigenvalue weighted by atomic mass is 10.3. The maximum Gasteiger partial charge on any atom is 0.266 e. The highest BCUT2D eigenvalue weighted by molar-refractivity contribution is 9.10. The van der Waals surface area contributed by atoms with Crippen LogP contribution >= 0.6 is 15.9 Å². The average Bonchev–Trinajstić information content (AvgIpc) is 2.25. The number of sulfonamides is 1. The highest BCUT2D eigenvalue weighted by Gasteiger charge is 2.19. The van der Waals surface area contributed by atoms with Gasteiger partial charge in [-0.25, -0.2) is 23.1 Å². The van der Waals surface area contributed by atoms with E-state index in [2.05, 4.69) is 30.6 Å². The van der Waals surface area contributed by atoms with E-state index >= 15 is 0 Å². The lowest BCUT2D eigenvalue weighted by Crippen LogP contribution is -2.17. The van der Waals surface area contributed by atoms with Gasteiger partial charge in [0.2, 0.25) is 5.95 Å². The van der Waals surface area contributed by atoms with Gasteiger partial charge in [0.25, 0.3) is 10.0 Å². The van der Waals surface area contributed by atoms with Gasteiger partial charge in [-0.1, -0.05) is 15.9 Å². The molecule has 0 spiro atoms. The number of hydrogen-bond donors (Lipinski definition) is 2. The summed E-state index contributed by atoms with van der Waals surface area (Å²) in [5.74, 6) is 0.0322. The first-order valence-corrected chi connectivity index (χ1v) is 7.96. The summed E-state index contributed by atoms with van der Waals surface area (Å²) in [4.78, 5) is 8.07.